The lowest BCUT2D eigenvalue weighted by Gasteiger charge is -2.19. The number of ether oxygens (including phenoxy) is 1. The third-order valence-corrected chi connectivity index (χ3v) is 4.63. The first-order valence-corrected chi connectivity index (χ1v) is 8.27. The van der Waals surface area contributed by atoms with Crippen LogP contribution in [0.5, 0.6) is 5.75 Å². The largest absolute Gasteiger partial charge is 0.494 e. The van der Waals surface area contributed by atoms with E-state index in [4.69, 9.17) is 16.3 Å². The van der Waals surface area contributed by atoms with Gasteiger partial charge >= 0.3 is 0 Å². The fraction of sp³-hybridized carbons (Fsp3) is 0.467. The highest BCUT2D eigenvalue weighted by Crippen LogP contribution is 2.19. The van der Waals surface area contributed by atoms with Crippen molar-refractivity contribution in [2.24, 2.45) is 0 Å². The molecule has 1 rings (SSSR count). The van der Waals surface area contributed by atoms with Crippen LogP contribution in [0.2, 0.25) is 0 Å². The van der Waals surface area contributed by atoms with E-state index >= 15 is 0 Å². The molecule has 0 heterocycles. The summed E-state index contributed by atoms with van der Waals surface area (Å²) < 4.78 is 31.5. The Morgan fingerprint density at radius 3 is 2.52 bits per heavy atom. The van der Waals surface area contributed by atoms with Crippen LogP contribution in [0, 0.1) is 12.3 Å². The minimum absolute atomic E-state index is 0.0600. The zero-order valence-corrected chi connectivity index (χ0v) is 13.0. The average molecular weight is 311 g/mol. The zero-order valence-electron chi connectivity index (χ0n) is 12.2. The molecule has 0 saturated carbocycles. The molecule has 1 aromatic carbocycles. The van der Waals surface area contributed by atoms with Crippen molar-refractivity contribution in [3.63, 3.8) is 0 Å². The third kappa shape index (κ3) is 5.05. The second-order valence-electron chi connectivity index (χ2n) is 4.44. The van der Waals surface area contributed by atoms with E-state index in [9.17, 15) is 8.42 Å². The van der Waals surface area contributed by atoms with Crippen LogP contribution in [0.4, 0.5) is 0 Å². The second kappa shape index (κ2) is 8.67. The molecule has 21 heavy (non-hydrogen) atoms. The zero-order chi connectivity index (χ0) is 15.7. The summed E-state index contributed by atoms with van der Waals surface area (Å²) in [6, 6.07) is 6.21. The summed E-state index contributed by atoms with van der Waals surface area (Å²) in [5.74, 6) is 2.94. The van der Waals surface area contributed by atoms with Gasteiger partial charge in [0.1, 0.15) is 5.75 Å². The van der Waals surface area contributed by atoms with Gasteiger partial charge < -0.3 is 9.84 Å². The second-order valence-corrected chi connectivity index (χ2v) is 6.38. The van der Waals surface area contributed by atoms with E-state index < -0.39 is 10.0 Å². The molecule has 0 aliphatic heterocycles. The molecule has 0 fully saturated rings. The van der Waals surface area contributed by atoms with Crippen molar-refractivity contribution in [2.45, 2.75) is 24.7 Å². The molecule has 0 unspecified atom stereocenters. The van der Waals surface area contributed by atoms with Crippen molar-refractivity contribution in [1.82, 2.24) is 4.31 Å². The monoisotopic (exact) mass is 311 g/mol. The third-order valence-electron chi connectivity index (χ3n) is 2.77. The molecule has 0 spiro atoms. The van der Waals surface area contributed by atoms with Crippen LogP contribution >= 0.6 is 0 Å². The Kier molecular flexibility index (Phi) is 7.23. The number of aliphatic hydroxyl groups excluding tert-OH is 1. The minimum atomic E-state index is -3.57. The highest BCUT2D eigenvalue weighted by atomic mass is 32.2. The molecule has 0 amide bonds. The highest BCUT2D eigenvalue weighted by molar-refractivity contribution is 7.89. The number of rotatable bonds is 9. The van der Waals surface area contributed by atoms with Crippen molar-refractivity contribution < 1.29 is 18.3 Å². The molecule has 0 radical (unpaired) electrons. The number of hydrogen-bond acceptors (Lipinski definition) is 4. The van der Waals surface area contributed by atoms with Crippen LogP contribution in [-0.4, -0.2) is 44.1 Å². The van der Waals surface area contributed by atoms with Gasteiger partial charge in [0.2, 0.25) is 10.0 Å². The van der Waals surface area contributed by atoms with Gasteiger partial charge in [0.15, 0.2) is 0 Å². The number of nitrogens with zero attached hydrogens (tertiary/aromatic N) is 1. The summed E-state index contributed by atoms with van der Waals surface area (Å²) in [6.45, 7) is 2.80. The van der Waals surface area contributed by atoms with Crippen LogP contribution in [0.25, 0.3) is 0 Å². The van der Waals surface area contributed by atoms with Crippen LogP contribution in [0.15, 0.2) is 29.2 Å². The fourth-order valence-electron chi connectivity index (χ4n) is 1.75. The predicted molar refractivity (Wildman–Crippen MR) is 81.5 cm³/mol. The number of aliphatic hydroxyl groups is 1. The van der Waals surface area contributed by atoms with Gasteiger partial charge in [-0.2, -0.15) is 4.31 Å². The van der Waals surface area contributed by atoms with Gasteiger partial charge in [-0.1, -0.05) is 12.8 Å². The minimum Gasteiger partial charge on any atom is -0.494 e. The Morgan fingerprint density at radius 2 is 2.00 bits per heavy atom. The van der Waals surface area contributed by atoms with E-state index in [1.807, 2.05) is 6.92 Å². The molecule has 0 saturated heterocycles. The normalized spacial score (nSPS) is 11.3. The van der Waals surface area contributed by atoms with E-state index in [1.54, 1.807) is 12.1 Å². The Bertz CT molecular complexity index is 560. The molecule has 0 aromatic heterocycles. The summed E-state index contributed by atoms with van der Waals surface area (Å²) in [6.07, 6.45) is 6.46. The van der Waals surface area contributed by atoms with Gasteiger partial charge in [0.05, 0.1) is 18.0 Å². The summed E-state index contributed by atoms with van der Waals surface area (Å²) in [5, 5.41) is 8.68. The number of hydrogen-bond donors (Lipinski definition) is 1. The van der Waals surface area contributed by atoms with Crippen molar-refractivity contribution in [3.8, 4) is 18.1 Å². The van der Waals surface area contributed by atoms with Crippen LogP contribution in [0.3, 0.4) is 0 Å². The maximum Gasteiger partial charge on any atom is 0.243 e. The van der Waals surface area contributed by atoms with E-state index in [-0.39, 0.29) is 18.0 Å². The molecule has 1 aromatic rings. The van der Waals surface area contributed by atoms with E-state index in [0.717, 1.165) is 0 Å². The van der Waals surface area contributed by atoms with Gasteiger partial charge in [-0.05, 0) is 30.7 Å². The predicted octanol–water partition coefficient (Wildman–Crippen LogP) is 1.48. The first kappa shape index (κ1) is 17.5. The Labute approximate surface area is 126 Å². The summed E-state index contributed by atoms with van der Waals surface area (Å²) >= 11 is 0. The molecule has 0 aliphatic carbocycles. The first-order chi connectivity index (χ1) is 10.1. The quantitative estimate of drug-likeness (QED) is 0.554. The van der Waals surface area contributed by atoms with Crippen molar-refractivity contribution in [1.29, 1.82) is 0 Å². The Hall–Kier alpha value is -1.55. The standard InChI is InChI=1S/C15H21NO4S/c1-3-10-16(11-4-2)21(18,19)15-8-6-14(7-9-15)20-13-5-12-17/h1,6-9,17H,4-5,10-13H2,2H3. The molecule has 1 N–H and O–H groups in total. The molecular weight excluding hydrogens is 290 g/mol. The van der Waals surface area contributed by atoms with Crippen molar-refractivity contribution >= 4 is 10.0 Å². The number of sulfonamides is 1. The Balaban J connectivity index is 2.85. The fourth-order valence-corrected chi connectivity index (χ4v) is 3.19. The first-order valence-electron chi connectivity index (χ1n) is 6.83. The van der Waals surface area contributed by atoms with Gasteiger partial charge in [0, 0.05) is 19.6 Å². The smallest absolute Gasteiger partial charge is 0.243 e. The van der Waals surface area contributed by atoms with E-state index in [2.05, 4.69) is 5.92 Å². The SMILES string of the molecule is C#CCN(CCC)S(=O)(=O)c1ccc(OCCCO)cc1. The van der Waals surface area contributed by atoms with Crippen molar-refractivity contribution in [2.75, 3.05) is 26.3 Å². The van der Waals surface area contributed by atoms with Crippen LogP contribution in [0.1, 0.15) is 19.8 Å². The van der Waals surface area contributed by atoms with E-state index in [1.165, 1.54) is 16.4 Å². The summed E-state index contributed by atoms with van der Waals surface area (Å²) in [7, 11) is -3.57. The lowest BCUT2D eigenvalue weighted by Crippen LogP contribution is -2.32. The van der Waals surface area contributed by atoms with Gasteiger partial charge in [0.25, 0.3) is 0 Å². The van der Waals surface area contributed by atoms with E-state index in [0.29, 0.717) is 31.7 Å². The maximum absolute atomic E-state index is 12.4. The summed E-state index contributed by atoms with van der Waals surface area (Å²) in [4.78, 5) is 0.195. The van der Waals surface area contributed by atoms with Crippen molar-refractivity contribution in [3.05, 3.63) is 24.3 Å². The topological polar surface area (TPSA) is 66.8 Å². The summed E-state index contributed by atoms with van der Waals surface area (Å²) in [5.41, 5.74) is 0. The van der Waals surface area contributed by atoms with Crippen LogP contribution in [-0.2, 0) is 10.0 Å². The molecule has 5 nitrogen and oxygen atoms in total. The average Bonchev–Trinajstić information content (AvgIpc) is 2.48. The van der Waals surface area contributed by atoms with Gasteiger partial charge in [-0.3, -0.25) is 0 Å². The molecular formula is C15H21NO4S. The maximum atomic E-state index is 12.4. The molecule has 6 heteroatoms. The lowest BCUT2D eigenvalue weighted by atomic mass is 10.3. The highest BCUT2D eigenvalue weighted by Gasteiger charge is 2.22. The Morgan fingerprint density at radius 1 is 1.33 bits per heavy atom. The number of benzene rings is 1. The van der Waals surface area contributed by atoms with Gasteiger partial charge in [-0.15, -0.1) is 6.42 Å². The molecule has 0 aliphatic rings. The van der Waals surface area contributed by atoms with Crippen LogP contribution < -0.4 is 4.74 Å². The molecule has 0 atom stereocenters. The molecule has 116 valence electrons. The van der Waals surface area contributed by atoms with Gasteiger partial charge in [-0.25, -0.2) is 8.42 Å². The molecule has 0 bridgehead atoms. The number of terminal acetylenes is 1. The lowest BCUT2D eigenvalue weighted by molar-refractivity contribution is 0.233.